The molecule has 0 saturated carbocycles. The second-order valence-electron chi connectivity index (χ2n) is 18.1. The largest absolute Gasteiger partial charge is 0.389 e. The number of carbonyl (C=O) groups is 5. The van der Waals surface area contributed by atoms with Crippen LogP contribution in [0.3, 0.4) is 0 Å². The van der Waals surface area contributed by atoms with Gasteiger partial charge in [0.05, 0.1) is 41.5 Å². The van der Waals surface area contributed by atoms with Gasteiger partial charge in [0.2, 0.25) is 11.8 Å². The summed E-state index contributed by atoms with van der Waals surface area (Å²) in [5.41, 5.74) is 2.45. The number of benzene rings is 3. The molecule has 5 aromatic rings. The molecule has 354 valence electrons. The third kappa shape index (κ3) is 8.71. The highest BCUT2D eigenvalue weighted by atomic mass is 32.1. The van der Waals surface area contributed by atoms with Gasteiger partial charge in [-0.2, -0.15) is 0 Å². The first-order valence-electron chi connectivity index (χ1n) is 22.8. The van der Waals surface area contributed by atoms with Gasteiger partial charge in [0, 0.05) is 105 Å². The van der Waals surface area contributed by atoms with E-state index in [1.54, 1.807) is 28.9 Å². The summed E-state index contributed by atoms with van der Waals surface area (Å²) in [5, 5.41) is 21.6. The number of imide groups is 1. The van der Waals surface area contributed by atoms with Crippen LogP contribution in [0.2, 0.25) is 0 Å². The van der Waals surface area contributed by atoms with Crippen LogP contribution in [0.5, 0.6) is 0 Å². The predicted molar refractivity (Wildman–Crippen MR) is 246 cm³/mol. The lowest BCUT2D eigenvalue weighted by molar-refractivity contribution is -0.133. The smallest absolute Gasteiger partial charge is 0.255 e. The number of aromatic nitrogens is 3. The first-order valence-corrected chi connectivity index (χ1v) is 23.7. The average Bonchev–Trinajstić information content (AvgIpc) is 4.16. The maximum atomic E-state index is 16.0. The van der Waals surface area contributed by atoms with E-state index in [2.05, 4.69) is 35.7 Å². The Bertz CT molecular complexity index is 2770. The SMILES string of the molecule is O=CC(CN1CCN(c2ccc(-c3cc(F)c4c(c3)C(=O)N(C(C(=O)Nc3nccs3)c3ncn5c3CCC5)C4)cc2)CC1)C1(O)CCN(c2cc(F)c(NC3CCC(=O)NC3=O)cc2F)CC1. The van der Waals surface area contributed by atoms with Gasteiger partial charge in [0.25, 0.3) is 11.8 Å². The summed E-state index contributed by atoms with van der Waals surface area (Å²) in [7, 11) is 0. The molecule has 5 aliphatic rings. The van der Waals surface area contributed by atoms with Crippen LogP contribution in [-0.4, -0.2) is 117 Å². The van der Waals surface area contributed by atoms with Crippen LogP contribution in [0.1, 0.15) is 65.5 Å². The first kappa shape index (κ1) is 45.2. The number of piperidine rings is 2. The fourth-order valence-corrected chi connectivity index (χ4v) is 10.8. The van der Waals surface area contributed by atoms with Crippen molar-refractivity contribution in [3.63, 3.8) is 0 Å². The molecule has 3 atom stereocenters. The Kier molecular flexibility index (Phi) is 12.3. The van der Waals surface area contributed by atoms with E-state index in [0.29, 0.717) is 61.1 Å². The number of aliphatic hydroxyl groups is 1. The normalized spacial score (nSPS) is 20.2. The van der Waals surface area contributed by atoms with Crippen molar-refractivity contribution < 1.29 is 42.3 Å². The molecule has 0 spiro atoms. The lowest BCUT2D eigenvalue weighted by Crippen LogP contribution is -2.55. The third-order valence-electron chi connectivity index (χ3n) is 14.1. The molecule has 0 radical (unpaired) electrons. The van der Waals surface area contributed by atoms with Crippen LogP contribution < -0.4 is 25.8 Å². The zero-order chi connectivity index (χ0) is 47.3. The number of amides is 4. The summed E-state index contributed by atoms with van der Waals surface area (Å²) < 4.78 is 48.5. The minimum absolute atomic E-state index is 0.0138. The topological polar surface area (TPSA) is 185 Å². The number of hydrogen-bond acceptors (Lipinski definition) is 13. The average molecular weight is 951 g/mol. The van der Waals surface area contributed by atoms with E-state index in [4.69, 9.17) is 0 Å². The van der Waals surface area contributed by atoms with Gasteiger partial charge in [-0.15, -0.1) is 11.3 Å². The van der Waals surface area contributed by atoms with Crippen LogP contribution in [-0.2, 0) is 38.7 Å². The molecule has 4 N–H and O–H groups in total. The summed E-state index contributed by atoms with van der Waals surface area (Å²) in [6.07, 6.45) is 6.24. The Morgan fingerprint density at radius 2 is 1.69 bits per heavy atom. The highest BCUT2D eigenvalue weighted by Gasteiger charge is 2.43. The molecule has 10 rings (SSSR count). The monoisotopic (exact) mass is 950 g/mol. The Balaban J connectivity index is 0.746. The molecule has 20 heteroatoms. The Labute approximate surface area is 393 Å². The van der Waals surface area contributed by atoms with Crippen molar-refractivity contribution in [2.24, 2.45) is 5.92 Å². The summed E-state index contributed by atoms with van der Waals surface area (Å²) in [6.45, 7) is 3.92. The predicted octanol–water partition coefficient (Wildman–Crippen LogP) is 4.89. The van der Waals surface area contributed by atoms with Crippen LogP contribution in [0.25, 0.3) is 11.1 Å². The Morgan fingerprint density at radius 3 is 2.41 bits per heavy atom. The summed E-state index contributed by atoms with van der Waals surface area (Å²) in [5.74, 6) is -4.65. The van der Waals surface area contributed by atoms with Gasteiger partial charge in [-0.3, -0.25) is 34.7 Å². The number of nitrogens with zero attached hydrogens (tertiary/aromatic N) is 7. The van der Waals surface area contributed by atoms with E-state index < -0.39 is 64.7 Å². The summed E-state index contributed by atoms with van der Waals surface area (Å²) in [4.78, 5) is 80.3. The van der Waals surface area contributed by atoms with E-state index in [-0.39, 0.29) is 67.8 Å². The van der Waals surface area contributed by atoms with Crippen molar-refractivity contribution in [3.05, 3.63) is 106 Å². The van der Waals surface area contributed by atoms with E-state index in [1.807, 2.05) is 28.8 Å². The molecule has 68 heavy (non-hydrogen) atoms. The lowest BCUT2D eigenvalue weighted by Gasteiger charge is -2.44. The van der Waals surface area contributed by atoms with Gasteiger partial charge >= 0.3 is 0 Å². The molecule has 16 nitrogen and oxygen atoms in total. The number of fused-ring (bicyclic) bond motifs is 2. The number of carbonyl (C=O) groups excluding carboxylic acids is 5. The first-order chi connectivity index (χ1) is 32.8. The van der Waals surface area contributed by atoms with Crippen LogP contribution in [0.4, 0.5) is 35.4 Å². The van der Waals surface area contributed by atoms with Crippen molar-refractivity contribution >= 4 is 63.4 Å². The molecule has 7 heterocycles. The van der Waals surface area contributed by atoms with Crippen LogP contribution in [0.15, 0.2) is 66.4 Å². The number of halogens is 3. The van der Waals surface area contributed by atoms with Gasteiger partial charge in [0.1, 0.15) is 29.8 Å². The van der Waals surface area contributed by atoms with E-state index in [9.17, 15) is 29.1 Å². The summed E-state index contributed by atoms with van der Waals surface area (Å²) >= 11 is 1.26. The zero-order valence-electron chi connectivity index (χ0n) is 36.9. The Hall–Kier alpha value is -6.64. The van der Waals surface area contributed by atoms with Crippen LogP contribution in [0, 0.1) is 23.4 Å². The standard InChI is InChI=1S/C48H49F3N10O6S/c49-34-21-29(20-32-33(34)25-61(46(32)66)43(45(65)56-47-52-11-19-68-47)42-39-2-1-12-60(39)27-53-42)28-3-5-31(6-4-28)58-17-15-57(16-18-58)24-30(26-62)48(67)9-13-59(14-10-48)40-23-35(50)38(22-36(40)51)54-37-7-8-41(63)55-44(37)64/h3-6,11,19-23,26-27,30,37,43,54,67H,1-2,7-10,12-18,24-25H2,(H,52,56,65)(H,55,63,64). The second-order valence-corrected chi connectivity index (χ2v) is 19.0. The van der Waals surface area contributed by atoms with Crippen LogP contribution >= 0.6 is 11.3 Å². The quantitative estimate of drug-likeness (QED) is 0.0928. The molecule has 4 amide bonds. The fraction of sp³-hybridized carbons (Fsp3) is 0.396. The molecule has 2 aromatic heterocycles. The highest BCUT2D eigenvalue weighted by molar-refractivity contribution is 7.13. The minimum Gasteiger partial charge on any atom is -0.389 e. The molecule has 3 unspecified atom stereocenters. The van der Waals surface area contributed by atoms with Gasteiger partial charge in [-0.25, -0.2) is 23.1 Å². The molecule has 3 aromatic carbocycles. The minimum atomic E-state index is -1.34. The van der Waals surface area contributed by atoms with Gasteiger partial charge < -0.3 is 34.5 Å². The number of piperazine rings is 1. The number of hydrogen-bond donors (Lipinski definition) is 4. The number of anilines is 4. The van der Waals surface area contributed by atoms with Crippen molar-refractivity contribution in [1.82, 2.24) is 29.7 Å². The lowest BCUT2D eigenvalue weighted by atomic mass is 9.79. The van der Waals surface area contributed by atoms with Crippen molar-refractivity contribution in [2.75, 3.05) is 66.2 Å². The fourth-order valence-electron chi connectivity index (χ4n) is 10.3. The second kappa shape index (κ2) is 18.5. The third-order valence-corrected chi connectivity index (χ3v) is 14.8. The molecular weight excluding hydrogens is 902 g/mol. The van der Waals surface area contributed by atoms with Crippen molar-refractivity contribution in [1.29, 1.82) is 0 Å². The number of rotatable bonds is 13. The van der Waals surface area contributed by atoms with Crippen molar-refractivity contribution in [2.45, 2.75) is 69.3 Å². The van der Waals surface area contributed by atoms with E-state index in [1.165, 1.54) is 22.3 Å². The maximum Gasteiger partial charge on any atom is 0.255 e. The Morgan fingerprint density at radius 1 is 0.912 bits per heavy atom. The van der Waals surface area contributed by atoms with Gasteiger partial charge in [-0.05, 0) is 67.5 Å². The molecule has 3 saturated heterocycles. The number of thiazole rings is 1. The number of aryl methyl sites for hydroxylation is 1. The molecular formula is C48H49F3N10O6S. The molecule has 5 aliphatic heterocycles. The molecule has 3 fully saturated rings. The number of aldehydes is 1. The van der Waals surface area contributed by atoms with Gasteiger partial charge in [-0.1, -0.05) is 12.1 Å². The zero-order valence-corrected chi connectivity index (χ0v) is 37.7. The number of nitrogens with one attached hydrogen (secondary N) is 3. The number of imidazole rings is 1. The van der Waals surface area contributed by atoms with E-state index in [0.717, 1.165) is 42.8 Å². The maximum absolute atomic E-state index is 16.0. The van der Waals surface area contributed by atoms with Crippen molar-refractivity contribution in [3.8, 4) is 11.1 Å². The molecule has 0 aliphatic carbocycles. The highest BCUT2D eigenvalue weighted by Crippen LogP contribution is 2.39. The van der Waals surface area contributed by atoms with E-state index >= 15 is 13.2 Å². The van der Waals surface area contributed by atoms with Gasteiger partial charge in [0.15, 0.2) is 11.2 Å². The molecule has 0 bridgehead atoms. The summed E-state index contributed by atoms with van der Waals surface area (Å²) in [6, 6.07) is 10.9.